The quantitative estimate of drug-likeness (QED) is 0.0688. The number of hydrogen-bond acceptors (Lipinski definition) is 7. The molecule has 0 aliphatic carbocycles. The third-order valence-corrected chi connectivity index (χ3v) is 5.86. The van der Waals surface area contributed by atoms with Crippen molar-refractivity contribution < 1.29 is 53.7 Å². The van der Waals surface area contributed by atoms with E-state index in [9.17, 15) is 10.1 Å². The molecule has 0 fully saturated rings. The van der Waals surface area contributed by atoms with Crippen LogP contribution in [0, 0.1) is 0 Å². The smallest absolute Gasteiger partial charge is 0.691 e. The van der Waals surface area contributed by atoms with E-state index in [-0.39, 0.29) is 35.5 Å². The first-order chi connectivity index (χ1) is 12.8. The average Bonchev–Trinajstić information content (AvgIpc) is 2.64. The normalized spacial score (nSPS) is 10.6. The van der Waals surface area contributed by atoms with E-state index < -0.39 is 0 Å². The number of rotatable bonds is 21. The van der Waals surface area contributed by atoms with E-state index >= 15 is 0 Å². The molecule has 0 unspecified atom stereocenters. The van der Waals surface area contributed by atoms with E-state index in [0.29, 0.717) is 18.8 Å². The Bertz CT molecular complexity index is 299. The summed E-state index contributed by atoms with van der Waals surface area (Å²) in [5, 5.41) is 12.8. The van der Waals surface area contributed by atoms with E-state index in [1.54, 1.807) is 11.8 Å². The van der Waals surface area contributed by atoms with Gasteiger partial charge in [-0.05, 0) is 6.42 Å². The number of carbonyl (C=O) groups is 1. The van der Waals surface area contributed by atoms with E-state index in [0.717, 1.165) is 36.4 Å². The van der Waals surface area contributed by atoms with E-state index in [1.165, 1.54) is 64.2 Å². The molecule has 0 aromatic rings. The molecule has 0 aromatic heterocycles. The Morgan fingerprint density at radius 3 is 1.93 bits per heavy atom. The van der Waals surface area contributed by atoms with Gasteiger partial charge in [0.1, 0.15) is 0 Å². The van der Waals surface area contributed by atoms with Gasteiger partial charge < -0.3 is 9.99 Å². The van der Waals surface area contributed by atoms with Crippen molar-refractivity contribution in [3.8, 4) is 0 Å². The van der Waals surface area contributed by atoms with Gasteiger partial charge in [0.25, 0.3) is 0 Å². The van der Waals surface area contributed by atoms with Crippen LogP contribution in [0.5, 0.6) is 0 Å². The summed E-state index contributed by atoms with van der Waals surface area (Å²) in [4.78, 5) is 11.6. The molecular weight excluding hydrogens is 395 g/mol. The Balaban J connectivity index is 0. The number of thioether (sulfide) groups is 1. The van der Waals surface area contributed by atoms with Gasteiger partial charge in [0.05, 0.1) is 13.0 Å². The maximum absolute atomic E-state index is 11.6. The second-order valence-electron chi connectivity index (χ2n) is 6.43. The first kappa shape index (κ1) is 30.2. The van der Waals surface area contributed by atoms with Crippen LogP contribution >= 0.6 is 23.8 Å². The molecule has 0 amide bonds. The van der Waals surface area contributed by atoms with Gasteiger partial charge in [-0.2, -0.15) is 16.1 Å². The van der Waals surface area contributed by atoms with Crippen LogP contribution in [-0.2, 0) is 18.9 Å². The van der Waals surface area contributed by atoms with Gasteiger partial charge in [0, 0.05) is 29.3 Å². The Morgan fingerprint density at radius 2 is 1.37 bits per heavy atom. The van der Waals surface area contributed by atoms with Crippen LogP contribution < -0.4 is 34.8 Å². The van der Waals surface area contributed by atoms with Crippen molar-refractivity contribution in [2.75, 3.05) is 23.9 Å². The summed E-state index contributed by atoms with van der Waals surface area (Å²) in [7, 11) is 0. The van der Waals surface area contributed by atoms with Crippen molar-refractivity contribution in [2.45, 2.75) is 90.4 Å². The number of hydrogen-bond donors (Lipinski definition) is 0. The van der Waals surface area contributed by atoms with Gasteiger partial charge >= 0.3 is 35.5 Å². The molecule has 0 radical (unpaired) electrons. The summed E-state index contributed by atoms with van der Waals surface area (Å²) in [5.74, 6) is 2.07. The molecule has 0 heterocycles. The maximum atomic E-state index is 11.6. The van der Waals surface area contributed by atoms with Crippen LogP contribution in [-0.4, -0.2) is 29.8 Å². The summed E-state index contributed by atoms with van der Waals surface area (Å²) in [6.07, 6.45) is 16.1. The predicted molar refractivity (Wildman–Crippen MR) is 109 cm³/mol. The summed E-state index contributed by atoms with van der Waals surface area (Å²) in [6.45, 7) is 2.81. The number of ether oxygens (including phenoxy) is 1. The number of unbranched alkanes of at least 4 members (excludes halogenated alkanes) is 11. The summed E-state index contributed by atoms with van der Waals surface area (Å²) >= 11 is 2.61. The molecule has 0 aliphatic rings. The van der Waals surface area contributed by atoms with Crippen molar-refractivity contribution in [3.63, 3.8) is 0 Å². The van der Waals surface area contributed by atoms with Crippen molar-refractivity contribution in [1.29, 1.82) is 0 Å². The van der Waals surface area contributed by atoms with Crippen molar-refractivity contribution in [2.24, 2.45) is 0 Å². The first-order valence-electron chi connectivity index (χ1n) is 10.1. The predicted octanol–water partition coefficient (Wildman–Crippen LogP) is 2.23. The molecule has 5 nitrogen and oxygen atoms in total. The Labute approximate surface area is 196 Å². The molecule has 0 saturated heterocycles. The van der Waals surface area contributed by atoms with E-state index in [4.69, 9.17) is 4.74 Å². The minimum absolute atomic E-state index is 0. The fourth-order valence-electron chi connectivity index (χ4n) is 2.61. The second kappa shape index (κ2) is 27.0. The van der Waals surface area contributed by atoms with Crippen molar-refractivity contribution in [3.05, 3.63) is 0 Å². The van der Waals surface area contributed by atoms with E-state index in [2.05, 4.69) is 16.3 Å². The van der Waals surface area contributed by atoms with Crippen LogP contribution in [0.25, 0.3) is 0 Å². The molecule has 0 aromatic carbocycles. The van der Waals surface area contributed by atoms with Gasteiger partial charge in [-0.3, -0.25) is 9.83 Å². The Morgan fingerprint density at radius 1 is 0.815 bits per heavy atom. The Kier molecular flexibility index (Phi) is 30.3. The second-order valence-corrected chi connectivity index (χ2v) is 8.43. The molecule has 0 atom stereocenters. The van der Waals surface area contributed by atoms with Crippen LogP contribution in [0.15, 0.2) is 0 Å². The molecular formula is C19H37NaO5S2. The zero-order valence-corrected chi connectivity index (χ0v) is 21.0. The third kappa shape index (κ3) is 27.1. The van der Waals surface area contributed by atoms with Crippen molar-refractivity contribution in [1.82, 2.24) is 0 Å². The fraction of sp³-hybridized carbons (Fsp3) is 0.947. The number of esters is 1. The maximum Gasteiger partial charge on any atom is 1.00 e. The monoisotopic (exact) mass is 432 g/mol. The molecule has 8 heteroatoms. The van der Waals surface area contributed by atoms with Gasteiger partial charge in [-0.25, -0.2) is 0 Å². The topological polar surface area (TPSA) is 67.8 Å². The zero-order valence-electron chi connectivity index (χ0n) is 17.4. The fourth-order valence-corrected chi connectivity index (χ4v) is 3.97. The van der Waals surface area contributed by atoms with Gasteiger partial charge in [0.15, 0.2) is 0 Å². The van der Waals surface area contributed by atoms with Crippen LogP contribution in [0.2, 0.25) is 0 Å². The average molecular weight is 433 g/mol. The molecule has 0 rings (SSSR count). The summed E-state index contributed by atoms with van der Waals surface area (Å²) in [5.41, 5.74) is 0. The molecule has 0 N–H and O–H groups in total. The minimum Gasteiger partial charge on any atom is -0.691 e. The Hall–Kier alpha value is 1.05. The zero-order chi connectivity index (χ0) is 19.1. The molecule has 0 saturated carbocycles. The van der Waals surface area contributed by atoms with Crippen molar-refractivity contribution >= 4 is 29.8 Å². The first-order valence-corrected chi connectivity index (χ1v) is 12.2. The molecule has 156 valence electrons. The minimum atomic E-state index is -0.118. The molecule has 0 bridgehead atoms. The van der Waals surface area contributed by atoms with Crippen LogP contribution in [0.1, 0.15) is 90.4 Å². The SMILES string of the molecule is CCCCCCCCCCCCCCOC(=O)CCSCCSOO[O-].[Na+]. The molecule has 0 spiro atoms. The van der Waals surface area contributed by atoms with Gasteiger partial charge in [0.2, 0.25) is 0 Å². The van der Waals surface area contributed by atoms with Crippen LogP contribution in [0.3, 0.4) is 0 Å². The van der Waals surface area contributed by atoms with E-state index in [1.807, 2.05) is 0 Å². The standard InChI is InChI=1S/C19H38O5S2.Na/c1-2-3-4-5-6-7-8-9-10-11-12-13-15-22-19(20)14-16-25-17-18-26-24-23-21;/h21H,2-18H2,1H3;/q;+1/p-1. The van der Waals surface area contributed by atoms with Gasteiger partial charge in [-0.15, -0.1) is 0 Å². The number of carbonyl (C=O) groups excluding carboxylic acids is 1. The summed E-state index contributed by atoms with van der Waals surface area (Å²) < 4.78 is 9.38. The van der Waals surface area contributed by atoms with Crippen LogP contribution in [0.4, 0.5) is 0 Å². The molecule has 0 aliphatic heterocycles. The third-order valence-electron chi connectivity index (χ3n) is 4.10. The molecule has 27 heavy (non-hydrogen) atoms. The van der Waals surface area contributed by atoms with Gasteiger partial charge in [-0.1, -0.05) is 77.6 Å². The largest absolute Gasteiger partial charge is 1.00 e. The summed E-state index contributed by atoms with van der Waals surface area (Å²) in [6, 6.07) is 0.